The van der Waals surface area contributed by atoms with Gasteiger partial charge in [0.05, 0.1) is 19.8 Å². The molecule has 0 saturated heterocycles. The van der Waals surface area contributed by atoms with Crippen LogP contribution in [0.5, 0.6) is 0 Å². The average Bonchev–Trinajstić information content (AvgIpc) is 2.73. The molecule has 0 fully saturated rings. The number of hydrogen-bond donors (Lipinski definition) is 1. The van der Waals surface area contributed by atoms with Crippen LogP contribution < -0.4 is 0 Å². The van der Waals surface area contributed by atoms with Crippen molar-refractivity contribution in [3.05, 3.63) is 106 Å². The molecular weight excluding hydrogens is 454 g/mol. The molecule has 0 unspecified atom stereocenters. The van der Waals surface area contributed by atoms with Gasteiger partial charge in [-0.2, -0.15) is 0 Å². The Morgan fingerprint density at radius 1 is 1.00 bits per heavy atom. The molecule has 4 nitrogen and oxygen atoms in total. The molecule has 1 atom stereocenters. The summed E-state index contributed by atoms with van der Waals surface area (Å²) in [5.41, 5.74) is 4.53. The summed E-state index contributed by atoms with van der Waals surface area (Å²) in [6.07, 6.45) is 0. The number of aryl methyl sites for hydroxylation is 1. The lowest BCUT2D eigenvalue weighted by Crippen LogP contribution is -2.43. The van der Waals surface area contributed by atoms with E-state index < -0.39 is 5.97 Å². The molecule has 0 aliphatic carbocycles. The maximum Gasteiger partial charge on any atom is 0.317 e. The zero-order valence-electron chi connectivity index (χ0n) is 17.9. The van der Waals surface area contributed by atoms with Gasteiger partial charge in [-0.15, -0.1) is 0 Å². The highest BCUT2D eigenvalue weighted by molar-refractivity contribution is 9.10. The lowest BCUT2D eigenvalue weighted by atomic mass is 9.84. The number of aliphatic carboxylic acids is 1. The average molecular weight is 482 g/mol. The predicted octanol–water partition coefficient (Wildman–Crippen LogP) is 5.49. The van der Waals surface area contributed by atoms with Gasteiger partial charge in [0.1, 0.15) is 0 Å². The molecular formula is C26H28BrNO3. The maximum atomic E-state index is 11.5. The first kappa shape index (κ1) is 23.2. The summed E-state index contributed by atoms with van der Waals surface area (Å²) in [5, 5.41) is 9.43. The Bertz CT molecular complexity index is 919. The van der Waals surface area contributed by atoms with Crippen LogP contribution in [0.4, 0.5) is 0 Å². The molecule has 3 aromatic rings. The number of benzene rings is 3. The number of halogens is 1. The third kappa shape index (κ3) is 6.76. The molecule has 31 heavy (non-hydrogen) atoms. The summed E-state index contributed by atoms with van der Waals surface area (Å²) >= 11 is 3.54. The molecule has 0 spiro atoms. The predicted molar refractivity (Wildman–Crippen MR) is 127 cm³/mol. The van der Waals surface area contributed by atoms with E-state index in [1.165, 1.54) is 5.56 Å². The van der Waals surface area contributed by atoms with Crippen molar-refractivity contribution in [2.24, 2.45) is 0 Å². The first-order valence-electron chi connectivity index (χ1n) is 10.3. The monoisotopic (exact) mass is 481 g/mol. The van der Waals surface area contributed by atoms with Gasteiger partial charge < -0.3 is 9.84 Å². The lowest BCUT2D eigenvalue weighted by molar-refractivity contribution is -0.138. The van der Waals surface area contributed by atoms with Gasteiger partial charge in [-0.25, -0.2) is 0 Å². The zero-order valence-corrected chi connectivity index (χ0v) is 19.5. The molecule has 0 aromatic heterocycles. The summed E-state index contributed by atoms with van der Waals surface area (Å²) in [4.78, 5) is 13.4. The minimum absolute atomic E-state index is 0.0176. The fourth-order valence-corrected chi connectivity index (χ4v) is 4.61. The second-order valence-corrected chi connectivity index (χ2v) is 8.74. The molecule has 162 valence electrons. The van der Waals surface area contributed by atoms with Crippen LogP contribution in [0.15, 0.2) is 83.3 Å². The Morgan fingerprint density at radius 3 is 2.10 bits per heavy atom. The van der Waals surface area contributed by atoms with Gasteiger partial charge in [0.25, 0.3) is 0 Å². The van der Waals surface area contributed by atoms with E-state index in [0.717, 1.165) is 21.2 Å². The van der Waals surface area contributed by atoms with E-state index >= 15 is 0 Å². The molecule has 0 heterocycles. The first-order valence-corrected chi connectivity index (χ1v) is 11.1. The van der Waals surface area contributed by atoms with Crippen LogP contribution in [0, 0.1) is 6.92 Å². The Balaban J connectivity index is 1.88. The molecule has 3 aromatic carbocycles. The van der Waals surface area contributed by atoms with Crippen molar-refractivity contribution in [1.29, 1.82) is 0 Å². The van der Waals surface area contributed by atoms with E-state index in [2.05, 4.69) is 65.3 Å². The number of hydrogen-bond acceptors (Lipinski definition) is 3. The summed E-state index contributed by atoms with van der Waals surface area (Å²) in [6, 6.07) is 26.5. The van der Waals surface area contributed by atoms with E-state index in [-0.39, 0.29) is 18.5 Å². The summed E-state index contributed by atoms with van der Waals surface area (Å²) in [7, 11) is 1.85. The highest BCUT2D eigenvalue weighted by atomic mass is 79.9. The Morgan fingerprint density at radius 2 is 1.58 bits per heavy atom. The van der Waals surface area contributed by atoms with Crippen molar-refractivity contribution in [2.75, 3.05) is 20.2 Å². The lowest BCUT2D eigenvalue weighted by Gasteiger charge is -2.34. The van der Waals surface area contributed by atoms with Crippen LogP contribution in [-0.4, -0.2) is 42.2 Å². The molecule has 1 N–H and O–H groups in total. The summed E-state index contributed by atoms with van der Waals surface area (Å²) in [6.45, 7) is 2.87. The van der Waals surface area contributed by atoms with E-state index in [9.17, 15) is 9.90 Å². The van der Waals surface area contributed by atoms with Crippen molar-refractivity contribution in [3.63, 3.8) is 0 Å². The molecule has 3 rings (SSSR count). The highest BCUT2D eigenvalue weighted by Gasteiger charge is 2.29. The van der Waals surface area contributed by atoms with E-state index in [1.807, 2.05) is 48.3 Å². The Labute approximate surface area is 192 Å². The number of carbonyl (C=O) groups is 1. The number of ether oxygens (including phenoxy) is 1. The molecule has 0 bridgehead atoms. The van der Waals surface area contributed by atoms with Crippen LogP contribution in [-0.2, 0) is 16.1 Å². The topological polar surface area (TPSA) is 49.8 Å². The highest BCUT2D eigenvalue weighted by Crippen LogP contribution is 2.31. The zero-order chi connectivity index (χ0) is 22.2. The third-order valence-corrected chi connectivity index (χ3v) is 5.77. The molecule has 0 radical (unpaired) electrons. The van der Waals surface area contributed by atoms with Gasteiger partial charge in [0.2, 0.25) is 0 Å². The minimum Gasteiger partial charge on any atom is -0.480 e. The molecule has 0 aliphatic rings. The minimum atomic E-state index is -0.852. The van der Waals surface area contributed by atoms with Crippen LogP contribution in [0.2, 0.25) is 0 Å². The number of likely N-dealkylation sites (N-methyl/N-ethyl adjacent to an activating group) is 1. The number of carboxylic acids is 1. The van der Waals surface area contributed by atoms with Gasteiger partial charge in [-0.1, -0.05) is 82.7 Å². The normalized spacial score (nSPS) is 12.3. The third-order valence-electron chi connectivity index (χ3n) is 5.31. The van der Waals surface area contributed by atoms with Gasteiger partial charge in [0.15, 0.2) is 0 Å². The van der Waals surface area contributed by atoms with Crippen LogP contribution >= 0.6 is 15.9 Å². The van der Waals surface area contributed by atoms with Gasteiger partial charge in [0, 0.05) is 16.4 Å². The number of carboxylic acid groups (broad SMARTS) is 1. The molecule has 0 saturated carbocycles. The molecule has 0 amide bonds. The molecule has 5 heteroatoms. The summed E-state index contributed by atoms with van der Waals surface area (Å²) in [5.74, 6) is -0.869. The second-order valence-electron chi connectivity index (χ2n) is 7.83. The van der Waals surface area contributed by atoms with Crippen molar-refractivity contribution in [1.82, 2.24) is 4.90 Å². The largest absolute Gasteiger partial charge is 0.480 e. The first-order chi connectivity index (χ1) is 14.9. The Kier molecular flexibility index (Phi) is 8.41. The van der Waals surface area contributed by atoms with Gasteiger partial charge >= 0.3 is 5.97 Å². The van der Waals surface area contributed by atoms with Crippen molar-refractivity contribution in [3.8, 4) is 0 Å². The second kappa shape index (κ2) is 11.2. The van der Waals surface area contributed by atoms with Gasteiger partial charge in [-0.3, -0.25) is 9.69 Å². The van der Waals surface area contributed by atoms with Crippen LogP contribution in [0.25, 0.3) is 0 Å². The molecule has 0 aliphatic heterocycles. The van der Waals surface area contributed by atoms with E-state index in [1.54, 1.807) is 0 Å². The SMILES string of the molecule is Cc1cc(Br)cc(COC[C@H](C(c2ccccc2)c2ccccc2)N(C)CC(=O)O)c1. The van der Waals surface area contributed by atoms with Crippen LogP contribution in [0.3, 0.4) is 0 Å². The number of nitrogens with zero attached hydrogens (tertiary/aromatic N) is 1. The summed E-state index contributed by atoms with van der Waals surface area (Å²) < 4.78 is 7.19. The fraction of sp³-hybridized carbons (Fsp3) is 0.269. The van der Waals surface area contributed by atoms with Crippen molar-refractivity contribution in [2.45, 2.75) is 25.5 Å². The van der Waals surface area contributed by atoms with Crippen molar-refractivity contribution >= 4 is 21.9 Å². The fourth-order valence-electron chi connectivity index (χ4n) is 3.96. The van der Waals surface area contributed by atoms with Crippen LogP contribution in [0.1, 0.15) is 28.2 Å². The quantitative estimate of drug-likeness (QED) is 0.415. The van der Waals surface area contributed by atoms with E-state index in [0.29, 0.717) is 13.2 Å². The van der Waals surface area contributed by atoms with Gasteiger partial charge in [-0.05, 0) is 48.4 Å². The Hall–Kier alpha value is -2.47. The maximum absolute atomic E-state index is 11.5. The number of rotatable bonds is 10. The standard InChI is InChI=1S/C26H28BrNO3/c1-19-13-20(15-23(27)14-19)17-31-18-24(28(2)16-25(29)30)26(21-9-5-3-6-10-21)22-11-7-4-8-12-22/h3-15,24,26H,16-18H2,1-2H3,(H,29,30)/t24-/m1/s1. The van der Waals surface area contributed by atoms with Crippen molar-refractivity contribution < 1.29 is 14.6 Å². The smallest absolute Gasteiger partial charge is 0.317 e. The van der Waals surface area contributed by atoms with E-state index in [4.69, 9.17) is 4.74 Å².